The van der Waals surface area contributed by atoms with Gasteiger partial charge in [0.05, 0.1) is 12.1 Å². The van der Waals surface area contributed by atoms with Crippen molar-refractivity contribution < 1.29 is 9.53 Å². The minimum absolute atomic E-state index is 0.0568. The van der Waals surface area contributed by atoms with Gasteiger partial charge in [0.25, 0.3) is 0 Å². The molecule has 2 aromatic heterocycles. The predicted octanol–water partition coefficient (Wildman–Crippen LogP) is 3.83. The largest absolute Gasteiger partial charge is 0.489 e. The molecule has 136 valence electrons. The third kappa shape index (κ3) is 4.35. The van der Waals surface area contributed by atoms with E-state index in [1.807, 2.05) is 76.8 Å². The summed E-state index contributed by atoms with van der Waals surface area (Å²) in [6.07, 6.45) is 4.10. The molecule has 0 saturated heterocycles. The zero-order valence-corrected chi connectivity index (χ0v) is 15.5. The van der Waals surface area contributed by atoms with Gasteiger partial charge < -0.3 is 10.1 Å². The lowest BCUT2D eigenvalue weighted by Crippen LogP contribution is -2.25. The van der Waals surface area contributed by atoms with Gasteiger partial charge >= 0.3 is 0 Å². The van der Waals surface area contributed by atoms with Crippen LogP contribution >= 0.6 is 11.3 Å². The number of carbonyl (C=O) groups is 1. The van der Waals surface area contributed by atoms with E-state index in [4.69, 9.17) is 4.74 Å². The highest BCUT2D eigenvalue weighted by molar-refractivity contribution is 7.15. The number of rotatable bonds is 7. The molecule has 4 rings (SSSR count). The van der Waals surface area contributed by atoms with E-state index < -0.39 is 0 Å². The molecular weight excluding hydrogens is 358 g/mol. The van der Waals surface area contributed by atoms with Gasteiger partial charge in [-0.3, -0.25) is 9.20 Å². The van der Waals surface area contributed by atoms with Crippen LogP contribution < -0.4 is 10.1 Å². The Labute approximate surface area is 161 Å². The minimum atomic E-state index is -0.0568. The Bertz CT molecular complexity index is 1010. The van der Waals surface area contributed by atoms with Crippen LogP contribution in [0.3, 0.4) is 0 Å². The Morgan fingerprint density at radius 1 is 1.11 bits per heavy atom. The number of hydrogen-bond acceptors (Lipinski definition) is 4. The Morgan fingerprint density at radius 3 is 2.78 bits per heavy atom. The fourth-order valence-corrected chi connectivity index (χ4v) is 3.53. The van der Waals surface area contributed by atoms with Crippen molar-refractivity contribution in [3.8, 4) is 5.75 Å². The van der Waals surface area contributed by atoms with E-state index >= 15 is 0 Å². The number of para-hydroxylation sites is 1. The van der Waals surface area contributed by atoms with Gasteiger partial charge in [-0.05, 0) is 11.6 Å². The molecule has 6 heteroatoms. The zero-order chi connectivity index (χ0) is 18.5. The normalized spacial score (nSPS) is 10.8. The van der Waals surface area contributed by atoms with E-state index in [9.17, 15) is 4.79 Å². The molecule has 5 nitrogen and oxygen atoms in total. The van der Waals surface area contributed by atoms with Crippen LogP contribution in [0.4, 0.5) is 0 Å². The highest BCUT2D eigenvalue weighted by atomic mass is 32.1. The molecule has 0 spiro atoms. The summed E-state index contributed by atoms with van der Waals surface area (Å²) in [5.74, 6) is 0.725. The van der Waals surface area contributed by atoms with Gasteiger partial charge in [0, 0.05) is 29.9 Å². The highest BCUT2D eigenvalue weighted by Gasteiger charge is 2.10. The maximum Gasteiger partial charge on any atom is 0.226 e. The van der Waals surface area contributed by atoms with E-state index in [1.165, 1.54) is 0 Å². The van der Waals surface area contributed by atoms with Crippen LogP contribution in [0.25, 0.3) is 4.96 Å². The summed E-state index contributed by atoms with van der Waals surface area (Å²) in [6.45, 7) is 0.920. The van der Waals surface area contributed by atoms with E-state index in [1.54, 1.807) is 11.3 Å². The molecule has 4 aromatic rings. The van der Waals surface area contributed by atoms with Crippen LogP contribution in [0, 0.1) is 0 Å². The number of aromatic nitrogens is 2. The van der Waals surface area contributed by atoms with Crippen molar-refractivity contribution in [3.05, 3.63) is 89.2 Å². The first-order valence-electron chi connectivity index (χ1n) is 8.70. The molecule has 0 atom stereocenters. The molecule has 2 heterocycles. The van der Waals surface area contributed by atoms with Gasteiger partial charge in [-0.15, -0.1) is 11.3 Å². The summed E-state index contributed by atoms with van der Waals surface area (Å²) >= 11 is 1.55. The number of nitrogens with one attached hydrogen (secondary N) is 1. The van der Waals surface area contributed by atoms with Crippen molar-refractivity contribution in [2.75, 3.05) is 0 Å². The van der Waals surface area contributed by atoms with Crippen LogP contribution in [0.5, 0.6) is 5.75 Å². The summed E-state index contributed by atoms with van der Waals surface area (Å²) in [5.41, 5.74) is 2.83. The number of fused-ring (bicyclic) bond motifs is 1. The third-order valence-electron chi connectivity index (χ3n) is 4.17. The molecule has 0 aliphatic rings. The second kappa shape index (κ2) is 8.05. The summed E-state index contributed by atoms with van der Waals surface area (Å²) in [7, 11) is 0. The van der Waals surface area contributed by atoms with Gasteiger partial charge in [0.1, 0.15) is 12.4 Å². The molecule has 0 aliphatic carbocycles. The molecule has 0 bridgehead atoms. The Balaban J connectivity index is 1.34. The van der Waals surface area contributed by atoms with E-state index in [-0.39, 0.29) is 12.3 Å². The number of amides is 1. The third-order valence-corrected chi connectivity index (χ3v) is 4.94. The Morgan fingerprint density at radius 2 is 1.93 bits per heavy atom. The minimum Gasteiger partial charge on any atom is -0.489 e. The van der Waals surface area contributed by atoms with Crippen molar-refractivity contribution in [1.82, 2.24) is 14.7 Å². The van der Waals surface area contributed by atoms with E-state index in [0.717, 1.165) is 27.5 Å². The molecule has 27 heavy (non-hydrogen) atoms. The first-order chi connectivity index (χ1) is 13.3. The van der Waals surface area contributed by atoms with Crippen molar-refractivity contribution >= 4 is 22.2 Å². The van der Waals surface area contributed by atoms with E-state index in [2.05, 4.69) is 10.3 Å². The number of benzene rings is 2. The number of carbonyl (C=O) groups excluding carboxylic acids is 1. The summed E-state index contributed by atoms with van der Waals surface area (Å²) in [6, 6.07) is 17.8. The van der Waals surface area contributed by atoms with E-state index in [0.29, 0.717) is 13.2 Å². The van der Waals surface area contributed by atoms with Gasteiger partial charge in [-0.1, -0.05) is 48.5 Å². The van der Waals surface area contributed by atoms with Crippen LogP contribution in [0.2, 0.25) is 0 Å². The number of ether oxygens (including phenoxy) is 1. The van der Waals surface area contributed by atoms with Gasteiger partial charge in [-0.2, -0.15) is 0 Å². The lowest BCUT2D eigenvalue weighted by Gasteiger charge is -2.12. The molecule has 0 aliphatic heterocycles. The van der Waals surface area contributed by atoms with Crippen molar-refractivity contribution in [2.45, 2.75) is 19.6 Å². The van der Waals surface area contributed by atoms with Gasteiger partial charge in [-0.25, -0.2) is 4.98 Å². The number of nitrogens with zero attached hydrogens (tertiary/aromatic N) is 2. The average Bonchev–Trinajstić information content (AvgIpc) is 3.28. The number of hydrogen-bond donors (Lipinski definition) is 1. The molecule has 0 saturated carbocycles. The van der Waals surface area contributed by atoms with Crippen molar-refractivity contribution in [2.24, 2.45) is 0 Å². The van der Waals surface area contributed by atoms with Gasteiger partial charge in [0.15, 0.2) is 4.96 Å². The van der Waals surface area contributed by atoms with Crippen LogP contribution in [-0.2, 0) is 24.4 Å². The lowest BCUT2D eigenvalue weighted by atomic mass is 10.2. The summed E-state index contributed by atoms with van der Waals surface area (Å²) in [4.78, 5) is 17.6. The Kier molecular flexibility index (Phi) is 5.16. The van der Waals surface area contributed by atoms with Crippen molar-refractivity contribution in [1.29, 1.82) is 0 Å². The number of thiazole rings is 1. The molecule has 1 N–H and O–H groups in total. The van der Waals surface area contributed by atoms with Crippen LogP contribution in [0.15, 0.2) is 72.4 Å². The molecule has 0 unspecified atom stereocenters. The Hall–Kier alpha value is -3.12. The number of imidazole rings is 1. The topological polar surface area (TPSA) is 55.6 Å². The zero-order valence-electron chi connectivity index (χ0n) is 14.7. The molecular formula is C21H19N3O2S. The maximum atomic E-state index is 12.3. The summed E-state index contributed by atoms with van der Waals surface area (Å²) < 4.78 is 7.87. The average molecular weight is 377 g/mol. The monoisotopic (exact) mass is 377 g/mol. The fraction of sp³-hybridized carbons (Fsp3) is 0.143. The molecule has 0 fully saturated rings. The predicted molar refractivity (Wildman–Crippen MR) is 106 cm³/mol. The van der Waals surface area contributed by atoms with Crippen molar-refractivity contribution in [3.63, 3.8) is 0 Å². The first kappa shape index (κ1) is 17.3. The smallest absolute Gasteiger partial charge is 0.226 e. The molecule has 0 radical (unpaired) electrons. The second-order valence-corrected chi connectivity index (χ2v) is 7.03. The molecule has 2 aromatic carbocycles. The van der Waals surface area contributed by atoms with Crippen LogP contribution in [0.1, 0.15) is 16.8 Å². The second-order valence-electron chi connectivity index (χ2n) is 6.16. The summed E-state index contributed by atoms with van der Waals surface area (Å²) in [5, 5.41) is 4.93. The standard InChI is InChI=1S/C21H19N3O2S/c25-20(12-18-14-24-10-11-27-21(24)23-18)22-13-17-8-4-5-9-19(17)26-15-16-6-2-1-3-7-16/h1-11,14H,12-13,15H2,(H,22,25). The fourth-order valence-electron chi connectivity index (χ4n) is 2.81. The highest BCUT2D eigenvalue weighted by Crippen LogP contribution is 2.19. The van der Waals surface area contributed by atoms with Crippen LogP contribution in [-0.4, -0.2) is 15.3 Å². The molecule has 1 amide bonds. The van der Waals surface area contributed by atoms with Gasteiger partial charge in [0.2, 0.25) is 5.91 Å². The SMILES string of the molecule is O=C(Cc1cn2ccsc2n1)NCc1ccccc1OCc1ccccc1. The lowest BCUT2D eigenvalue weighted by molar-refractivity contribution is -0.120. The maximum absolute atomic E-state index is 12.3. The quantitative estimate of drug-likeness (QED) is 0.532. The first-order valence-corrected chi connectivity index (χ1v) is 9.58.